The minimum Gasteiger partial charge on any atom is -0.457 e. The summed E-state index contributed by atoms with van der Waals surface area (Å²) in [4.78, 5) is 37.6. The molecule has 0 aliphatic carbocycles. The molecule has 0 radical (unpaired) electrons. The van der Waals surface area contributed by atoms with Crippen molar-refractivity contribution in [3.63, 3.8) is 0 Å². The van der Waals surface area contributed by atoms with Gasteiger partial charge in [-0.05, 0) is 36.6 Å². The molecule has 3 N–H and O–H groups in total. The van der Waals surface area contributed by atoms with Crippen molar-refractivity contribution in [1.29, 1.82) is 0 Å². The molecule has 1 aromatic rings. The predicted molar refractivity (Wildman–Crippen MR) is 93.5 cm³/mol. The SMILES string of the molecule is C=CCOC(=O)C1=C(c2ccc(C(N)=O)cc2)C[C@@H]2[C@@H]([C@@H](C)O)C(=O)N12. The Bertz CT molecular complexity index is 810. The average Bonchev–Trinajstić information content (AvgIpc) is 2.94. The van der Waals surface area contributed by atoms with Gasteiger partial charge in [-0.3, -0.25) is 9.59 Å². The molecule has 136 valence electrons. The van der Waals surface area contributed by atoms with Gasteiger partial charge in [0.1, 0.15) is 12.3 Å². The topological polar surface area (TPSA) is 110 Å². The van der Waals surface area contributed by atoms with Gasteiger partial charge >= 0.3 is 5.97 Å². The van der Waals surface area contributed by atoms with Crippen LogP contribution in [0.1, 0.15) is 29.3 Å². The fraction of sp³-hybridized carbons (Fsp3) is 0.316. The number of esters is 1. The van der Waals surface area contributed by atoms with Crippen molar-refractivity contribution in [2.75, 3.05) is 6.61 Å². The van der Waals surface area contributed by atoms with E-state index < -0.39 is 23.9 Å². The Kier molecular flexibility index (Phi) is 4.65. The van der Waals surface area contributed by atoms with Crippen LogP contribution in [0.3, 0.4) is 0 Å². The predicted octanol–water partition coefficient (Wildman–Crippen LogP) is 0.837. The second-order valence-corrected chi connectivity index (χ2v) is 6.40. The second-order valence-electron chi connectivity index (χ2n) is 6.40. The van der Waals surface area contributed by atoms with Gasteiger partial charge in [0.05, 0.1) is 18.1 Å². The van der Waals surface area contributed by atoms with Gasteiger partial charge in [-0.2, -0.15) is 0 Å². The van der Waals surface area contributed by atoms with Gasteiger partial charge in [-0.1, -0.05) is 24.8 Å². The lowest BCUT2D eigenvalue weighted by molar-refractivity contribution is -0.162. The van der Waals surface area contributed by atoms with E-state index in [9.17, 15) is 19.5 Å². The number of rotatable bonds is 6. The number of carbonyl (C=O) groups is 3. The molecule has 2 aliphatic rings. The lowest BCUT2D eigenvalue weighted by Crippen LogP contribution is -2.61. The van der Waals surface area contributed by atoms with Crippen LogP contribution in [0, 0.1) is 5.92 Å². The fourth-order valence-electron chi connectivity index (χ4n) is 3.56. The molecule has 2 heterocycles. The van der Waals surface area contributed by atoms with Crippen LogP contribution in [0.2, 0.25) is 0 Å². The molecular weight excluding hydrogens is 336 g/mol. The molecule has 3 rings (SSSR count). The van der Waals surface area contributed by atoms with Crippen LogP contribution in [-0.4, -0.2) is 46.5 Å². The second kappa shape index (κ2) is 6.76. The maximum atomic E-state index is 12.5. The van der Waals surface area contributed by atoms with Crippen molar-refractivity contribution >= 4 is 23.4 Å². The molecule has 0 bridgehead atoms. The van der Waals surface area contributed by atoms with Crippen molar-refractivity contribution in [1.82, 2.24) is 4.90 Å². The number of aliphatic hydroxyl groups excluding tert-OH is 1. The summed E-state index contributed by atoms with van der Waals surface area (Å²) in [6.45, 7) is 5.11. The van der Waals surface area contributed by atoms with Crippen LogP contribution in [0.4, 0.5) is 0 Å². The average molecular weight is 356 g/mol. The third kappa shape index (κ3) is 2.80. The zero-order valence-electron chi connectivity index (χ0n) is 14.3. The fourth-order valence-corrected chi connectivity index (χ4v) is 3.56. The molecule has 1 fully saturated rings. The number of benzene rings is 1. The van der Waals surface area contributed by atoms with Crippen LogP contribution in [0.15, 0.2) is 42.6 Å². The van der Waals surface area contributed by atoms with Crippen molar-refractivity contribution in [3.05, 3.63) is 53.7 Å². The van der Waals surface area contributed by atoms with Gasteiger partial charge in [0.2, 0.25) is 11.8 Å². The summed E-state index contributed by atoms with van der Waals surface area (Å²) in [5, 5.41) is 9.86. The van der Waals surface area contributed by atoms with Crippen molar-refractivity contribution < 1.29 is 24.2 Å². The van der Waals surface area contributed by atoms with Crippen LogP contribution in [0.25, 0.3) is 5.57 Å². The molecule has 0 unspecified atom stereocenters. The number of aliphatic hydroxyl groups is 1. The summed E-state index contributed by atoms with van der Waals surface area (Å²) in [5.74, 6) is -1.99. The number of β-lactam (4-membered cyclic amide) rings is 1. The lowest BCUT2D eigenvalue weighted by atomic mass is 9.82. The Hall–Kier alpha value is -2.93. The standard InChI is InChI=1S/C19H20N2O5/c1-3-8-26-19(25)16-13(11-4-6-12(7-5-11)17(20)23)9-14-15(10(2)22)18(24)21(14)16/h3-7,10,14-15,22H,1,8-9H2,2H3,(H2,20,23)/t10-,14-,15-/m1/s1. The van der Waals surface area contributed by atoms with Crippen molar-refractivity contribution in [2.24, 2.45) is 11.7 Å². The molecule has 7 nitrogen and oxygen atoms in total. The van der Waals surface area contributed by atoms with Gasteiger partial charge in [0.25, 0.3) is 0 Å². The molecule has 26 heavy (non-hydrogen) atoms. The van der Waals surface area contributed by atoms with Crippen molar-refractivity contribution in [2.45, 2.75) is 25.5 Å². The third-order valence-electron chi connectivity index (χ3n) is 4.77. The lowest BCUT2D eigenvalue weighted by Gasteiger charge is -2.44. The zero-order valence-corrected chi connectivity index (χ0v) is 14.3. The first kappa shape index (κ1) is 17.9. The number of nitrogens with zero attached hydrogens (tertiary/aromatic N) is 1. The maximum Gasteiger partial charge on any atom is 0.355 e. The molecule has 2 amide bonds. The Morgan fingerprint density at radius 3 is 2.62 bits per heavy atom. The number of ether oxygens (including phenoxy) is 1. The molecule has 0 spiro atoms. The quantitative estimate of drug-likeness (QED) is 0.446. The molecule has 7 heteroatoms. The summed E-state index contributed by atoms with van der Waals surface area (Å²) < 4.78 is 5.14. The number of amides is 2. The number of nitrogens with two attached hydrogens (primary N) is 1. The van der Waals surface area contributed by atoms with Gasteiger partial charge in [-0.25, -0.2) is 4.79 Å². The number of hydrogen-bond donors (Lipinski definition) is 2. The molecule has 2 aliphatic heterocycles. The number of fused-ring (bicyclic) bond motifs is 1. The smallest absolute Gasteiger partial charge is 0.355 e. The van der Waals surface area contributed by atoms with Gasteiger partial charge in [0, 0.05) is 5.56 Å². The highest BCUT2D eigenvalue weighted by molar-refractivity contribution is 6.07. The number of carbonyl (C=O) groups excluding carboxylic acids is 3. The van der Waals surface area contributed by atoms with E-state index in [1.807, 2.05) is 0 Å². The van der Waals surface area contributed by atoms with E-state index in [0.29, 0.717) is 23.1 Å². The molecule has 0 saturated carbocycles. The van der Waals surface area contributed by atoms with Crippen LogP contribution >= 0.6 is 0 Å². The largest absolute Gasteiger partial charge is 0.457 e. The van der Waals surface area contributed by atoms with E-state index in [2.05, 4.69) is 6.58 Å². The summed E-state index contributed by atoms with van der Waals surface area (Å²) in [7, 11) is 0. The molecule has 0 aromatic heterocycles. The maximum absolute atomic E-state index is 12.5. The first-order valence-electron chi connectivity index (χ1n) is 8.29. The van der Waals surface area contributed by atoms with E-state index >= 15 is 0 Å². The van der Waals surface area contributed by atoms with E-state index in [4.69, 9.17) is 10.5 Å². The summed E-state index contributed by atoms with van der Waals surface area (Å²) in [5.41, 5.74) is 7.14. The monoisotopic (exact) mass is 356 g/mol. The highest BCUT2D eigenvalue weighted by Gasteiger charge is 2.56. The molecule has 1 aromatic carbocycles. The van der Waals surface area contributed by atoms with Crippen LogP contribution in [0.5, 0.6) is 0 Å². The number of hydrogen-bond acceptors (Lipinski definition) is 5. The highest BCUT2D eigenvalue weighted by atomic mass is 16.5. The minimum absolute atomic E-state index is 0.0305. The summed E-state index contributed by atoms with van der Waals surface area (Å²) >= 11 is 0. The van der Waals surface area contributed by atoms with Crippen LogP contribution in [-0.2, 0) is 14.3 Å². The normalized spacial score (nSPS) is 22.5. The summed E-state index contributed by atoms with van der Waals surface area (Å²) in [6.07, 6.45) is 1.07. The first-order valence-corrected chi connectivity index (χ1v) is 8.29. The molecule has 1 saturated heterocycles. The molecular formula is C19H20N2O5. The third-order valence-corrected chi connectivity index (χ3v) is 4.77. The van der Waals surface area contributed by atoms with Crippen LogP contribution < -0.4 is 5.73 Å². The first-order chi connectivity index (χ1) is 12.4. The van der Waals surface area contributed by atoms with E-state index in [-0.39, 0.29) is 24.3 Å². The highest BCUT2D eigenvalue weighted by Crippen LogP contribution is 2.47. The van der Waals surface area contributed by atoms with E-state index in [0.717, 1.165) is 0 Å². The van der Waals surface area contributed by atoms with Crippen molar-refractivity contribution in [3.8, 4) is 0 Å². The van der Waals surface area contributed by atoms with Gasteiger partial charge in [-0.15, -0.1) is 0 Å². The Morgan fingerprint density at radius 1 is 1.42 bits per heavy atom. The number of primary amides is 1. The molecule has 3 atom stereocenters. The van der Waals surface area contributed by atoms with Gasteiger partial charge < -0.3 is 20.5 Å². The summed E-state index contributed by atoms with van der Waals surface area (Å²) in [6, 6.07) is 6.23. The Morgan fingerprint density at radius 2 is 2.08 bits per heavy atom. The van der Waals surface area contributed by atoms with E-state index in [1.165, 1.54) is 11.0 Å². The van der Waals surface area contributed by atoms with E-state index in [1.54, 1.807) is 31.2 Å². The Labute approximate surface area is 150 Å². The van der Waals surface area contributed by atoms with Gasteiger partial charge in [0.15, 0.2) is 0 Å². The Balaban J connectivity index is 1.99. The minimum atomic E-state index is -0.800. The zero-order chi connectivity index (χ0) is 19.0.